The maximum Gasteiger partial charge on any atom is 0.137 e. The van der Waals surface area contributed by atoms with Crippen molar-refractivity contribution in [2.45, 2.75) is 59.9 Å². The summed E-state index contributed by atoms with van der Waals surface area (Å²) in [5.74, 6) is 3.66. The lowest BCUT2D eigenvalue weighted by molar-refractivity contribution is 0.489. The van der Waals surface area contributed by atoms with Gasteiger partial charge in [-0.2, -0.15) is 0 Å². The van der Waals surface area contributed by atoms with Crippen molar-refractivity contribution in [3.05, 3.63) is 11.4 Å². The van der Waals surface area contributed by atoms with Crippen LogP contribution < -0.4 is 10.2 Å². The SMILES string of the molecule is CCCNc1nc(C)nc(N2CCCC2C(C)C)c1C. The molecule has 20 heavy (non-hydrogen) atoms. The first kappa shape index (κ1) is 15.1. The van der Waals surface area contributed by atoms with Crippen LogP contribution in [-0.2, 0) is 0 Å². The van der Waals surface area contributed by atoms with Crippen molar-refractivity contribution in [3.63, 3.8) is 0 Å². The van der Waals surface area contributed by atoms with Gasteiger partial charge >= 0.3 is 0 Å². The lowest BCUT2D eigenvalue weighted by atomic mass is 10.0. The first-order valence-corrected chi connectivity index (χ1v) is 7.90. The summed E-state index contributed by atoms with van der Waals surface area (Å²) < 4.78 is 0. The van der Waals surface area contributed by atoms with Crippen LogP contribution in [0, 0.1) is 19.8 Å². The van der Waals surface area contributed by atoms with Gasteiger partial charge in [0.2, 0.25) is 0 Å². The van der Waals surface area contributed by atoms with Crippen molar-refractivity contribution in [2.75, 3.05) is 23.3 Å². The van der Waals surface area contributed by atoms with Crippen LogP contribution in [0.2, 0.25) is 0 Å². The second kappa shape index (κ2) is 6.42. The topological polar surface area (TPSA) is 41.1 Å². The van der Waals surface area contributed by atoms with E-state index in [9.17, 15) is 0 Å². The fraction of sp³-hybridized carbons (Fsp3) is 0.750. The van der Waals surface area contributed by atoms with Crippen molar-refractivity contribution in [1.82, 2.24) is 9.97 Å². The highest BCUT2D eigenvalue weighted by Gasteiger charge is 2.29. The van der Waals surface area contributed by atoms with Gasteiger partial charge < -0.3 is 10.2 Å². The summed E-state index contributed by atoms with van der Waals surface area (Å²) >= 11 is 0. The monoisotopic (exact) mass is 276 g/mol. The molecule has 1 saturated heterocycles. The van der Waals surface area contributed by atoms with E-state index in [1.54, 1.807) is 0 Å². The Kier molecular flexibility index (Phi) is 4.84. The lowest BCUT2D eigenvalue weighted by Crippen LogP contribution is -2.35. The number of hydrogen-bond acceptors (Lipinski definition) is 4. The largest absolute Gasteiger partial charge is 0.370 e. The zero-order valence-electron chi connectivity index (χ0n) is 13.5. The number of rotatable bonds is 5. The number of hydrogen-bond donors (Lipinski definition) is 1. The van der Waals surface area contributed by atoms with Gasteiger partial charge in [-0.25, -0.2) is 9.97 Å². The highest BCUT2D eigenvalue weighted by Crippen LogP contribution is 2.32. The number of nitrogens with one attached hydrogen (secondary N) is 1. The zero-order chi connectivity index (χ0) is 14.7. The van der Waals surface area contributed by atoms with E-state index in [0.717, 1.165) is 37.0 Å². The Bertz CT molecular complexity index is 456. The van der Waals surface area contributed by atoms with Crippen LogP contribution in [0.4, 0.5) is 11.6 Å². The highest BCUT2D eigenvalue weighted by molar-refractivity contribution is 5.59. The molecule has 2 rings (SSSR count). The molecular formula is C16H28N4. The highest BCUT2D eigenvalue weighted by atomic mass is 15.2. The van der Waals surface area contributed by atoms with Crippen molar-refractivity contribution in [2.24, 2.45) is 5.92 Å². The van der Waals surface area contributed by atoms with Crippen molar-refractivity contribution >= 4 is 11.6 Å². The van der Waals surface area contributed by atoms with Gasteiger partial charge in [0.05, 0.1) is 0 Å². The summed E-state index contributed by atoms with van der Waals surface area (Å²) in [7, 11) is 0. The molecule has 0 bridgehead atoms. The van der Waals surface area contributed by atoms with E-state index in [4.69, 9.17) is 4.98 Å². The Morgan fingerprint density at radius 1 is 1.30 bits per heavy atom. The number of anilines is 2. The van der Waals surface area contributed by atoms with Crippen LogP contribution in [0.3, 0.4) is 0 Å². The predicted octanol–water partition coefficient (Wildman–Crippen LogP) is 3.54. The van der Waals surface area contributed by atoms with Gasteiger partial charge in [-0.15, -0.1) is 0 Å². The number of aryl methyl sites for hydroxylation is 1. The predicted molar refractivity (Wildman–Crippen MR) is 85.5 cm³/mol. The van der Waals surface area contributed by atoms with Gasteiger partial charge in [-0.1, -0.05) is 20.8 Å². The Labute approximate surface area is 123 Å². The summed E-state index contributed by atoms with van der Waals surface area (Å²) in [6.45, 7) is 13.0. The van der Waals surface area contributed by atoms with Gasteiger partial charge in [-0.3, -0.25) is 0 Å². The third kappa shape index (κ3) is 3.05. The molecule has 1 atom stereocenters. The zero-order valence-corrected chi connectivity index (χ0v) is 13.5. The van der Waals surface area contributed by atoms with E-state index in [1.165, 1.54) is 18.4 Å². The Morgan fingerprint density at radius 2 is 2.05 bits per heavy atom. The van der Waals surface area contributed by atoms with Crippen molar-refractivity contribution in [1.29, 1.82) is 0 Å². The van der Waals surface area contributed by atoms with Crippen LogP contribution in [-0.4, -0.2) is 29.1 Å². The molecule has 1 aliphatic rings. The average molecular weight is 276 g/mol. The lowest BCUT2D eigenvalue weighted by Gasteiger charge is -2.30. The molecule has 4 heteroatoms. The van der Waals surface area contributed by atoms with E-state index in [2.05, 4.69) is 42.9 Å². The van der Waals surface area contributed by atoms with Crippen LogP contribution in [0.1, 0.15) is 51.4 Å². The van der Waals surface area contributed by atoms with Crippen molar-refractivity contribution in [3.8, 4) is 0 Å². The third-order valence-electron chi connectivity index (χ3n) is 4.12. The standard InChI is InChI=1S/C16H28N4/c1-6-9-17-15-12(4)16(19-13(5)18-15)20-10-7-8-14(20)11(2)3/h11,14H,6-10H2,1-5H3,(H,17,18,19). The molecule has 4 nitrogen and oxygen atoms in total. The van der Waals surface area contributed by atoms with E-state index >= 15 is 0 Å². The van der Waals surface area contributed by atoms with Crippen LogP contribution in [0.5, 0.6) is 0 Å². The minimum Gasteiger partial charge on any atom is -0.370 e. The Balaban J connectivity index is 2.33. The molecule has 1 unspecified atom stereocenters. The number of aromatic nitrogens is 2. The minimum atomic E-state index is 0.613. The van der Waals surface area contributed by atoms with Crippen LogP contribution >= 0.6 is 0 Å². The summed E-state index contributed by atoms with van der Waals surface area (Å²) in [5, 5.41) is 3.43. The van der Waals surface area contributed by atoms with Gasteiger partial charge in [0.15, 0.2) is 0 Å². The van der Waals surface area contributed by atoms with E-state index in [-0.39, 0.29) is 0 Å². The normalized spacial score (nSPS) is 18.9. The van der Waals surface area contributed by atoms with Crippen LogP contribution in [0.25, 0.3) is 0 Å². The molecule has 112 valence electrons. The number of nitrogens with zero attached hydrogens (tertiary/aromatic N) is 3. The van der Waals surface area contributed by atoms with E-state index in [0.29, 0.717) is 12.0 Å². The molecule has 2 heterocycles. The smallest absolute Gasteiger partial charge is 0.137 e. The first-order chi connectivity index (χ1) is 9.54. The Morgan fingerprint density at radius 3 is 2.70 bits per heavy atom. The summed E-state index contributed by atoms with van der Waals surface area (Å²) in [4.78, 5) is 11.8. The molecule has 1 aromatic rings. The molecule has 1 aromatic heterocycles. The first-order valence-electron chi connectivity index (χ1n) is 7.90. The second-order valence-corrected chi connectivity index (χ2v) is 6.14. The third-order valence-corrected chi connectivity index (χ3v) is 4.12. The maximum absolute atomic E-state index is 4.73. The molecule has 1 N–H and O–H groups in total. The molecule has 0 saturated carbocycles. The minimum absolute atomic E-state index is 0.613. The Hall–Kier alpha value is -1.32. The maximum atomic E-state index is 4.73. The van der Waals surface area contributed by atoms with Crippen molar-refractivity contribution < 1.29 is 0 Å². The summed E-state index contributed by atoms with van der Waals surface area (Å²) in [5.41, 5.74) is 1.19. The van der Waals surface area contributed by atoms with Gasteiger partial charge in [-0.05, 0) is 39.0 Å². The molecule has 1 aliphatic heterocycles. The quantitative estimate of drug-likeness (QED) is 0.893. The van der Waals surface area contributed by atoms with Gasteiger partial charge in [0.1, 0.15) is 17.5 Å². The van der Waals surface area contributed by atoms with Gasteiger partial charge in [0, 0.05) is 24.7 Å². The second-order valence-electron chi connectivity index (χ2n) is 6.14. The van der Waals surface area contributed by atoms with Gasteiger partial charge in [0.25, 0.3) is 0 Å². The molecule has 1 fully saturated rings. The molecule has 0 amide bonds. The molecule has 0 aliphatic carbocycles. The fourth-order valence-electron chi connectivity index (χ4n) is 3.06. The fourth-order valence-corrected chi connectivity index (χ4v) is 3.06. The summed E-state index contributed by atoms with van der Waals surface area (Å²) in [6.07, 6.45) is 3.65. The molecule has 0 spiro atoms. The summed E-state index contributed by atoms with van der Waals surface area (Å²) in [6, 6.07) is 0.613. The molecule has 0 aromatic carbocycles. The average Bonchev–Trinajstić information content (AvgIpc) is 2.88. The van der Waals surface area contributed by atoms with E-state index in [1.807, 2.05) is 6.92 Å². The van der Waals surface area contributed by atoms with E-state index < -0.39 is 0 Å². The molecule has 0 radical (unpaired) electrons. The van der Waals surface area contributed by atoms with Crippen LogP contribution in [0.15, 0.2) is 0 Å². The molecular weight excluding hydrogens is 248 g/mol.